The molecule has 0 spiro atoms. The topological polar surface area (TPSA) is 0 Å². The summed E-state index contributed by atoms with van der Waals surface area (Å²) < 4.78 is 0. The van der Waals surface area contributed by atoms with Gasteiger partial charge in [-0.05, 0) is 59.5 Å². The van der Waals surface area contributed by atoms with E-state index in [1.54, 1.807) is 10.4 Å². The zero-order valence-electron chi connectivity index (χ0n) is 19.9. The van der Waals surface area contributed by atoms with E-state index in [2.05, 4.69) is 112 Å². The van der Waals surface area contributed by atoms with Crippen LogP contribution in [0.1, 0.15) is 5.56 Å². The van der Waals surface area contributed by atoms with Gasteiger partial charge in [0.25, 0.3) is 0 Å². The van der Waals surface area contributed by atoms with Crippen molar-refractivity contribution in [1.82, 2.24) is 0 Å². The molecule has 0 amide bonds. The van der Waals surface area contributed by atoms with Gasteiger partial charge in [0, 0.05) is 5.56 Å². The minimum absolute atomic E-state index is 1.01. The molecule has 5 rings (SSSR count). The van der Waals surface area contributed by atoms with Crippen molar-refractivity contribution >= 4 is 69.6 Å². The Morgan fingerprint density at radius 3 is 1.72 bits per heavy atom. The third kappa shape index (κ3) is 3.04. The van der Waals surface area contributed by atoms with E-state index in [0.717, 1.165) is 5.56 Å². The van der Waals surface area contributed by atoms with Crippen LogP contribution >= 0.6 is 0 Å². The molecule has 32 heavy (non-hydrogen) atoms. The van der Waals surface area contributed by atoms with E-state index in [9.17, 15) is 0 Å². The van der Waals surface area contributed by atoms with E-state index < -0.39 is 16.1 Å². The van der Waals surface area contributed by atoms with E-state index in [-0.39, 0.29) is 0 Å². The maximum absolute atomic E-state index is 6.06. The fourth-order valence-corrected chi connectivity index (χ4v) is 9.60. The first-order valence-electron chi connectivity index (χ1n) is 11.4. The first-order chi connectivity index (χ1) is 15.1. The van der Waals surface area contributed by atoms with Crippen LogP contribution in [0.3, 0.4) is 0 Å². The van der Waals surface area contributed by atoms with Crippen LogP contribution in [0.2, 0.25) is 39.3 Å². The molecule has 0 saturated heterocycles. The summed E-state index contributed by atoms with van der Waals surface area (Å²) in [4.78, 5) is 0. The van der Waals surface area contributed by atoms with Gasteiger partial charge in [0.1, 0.15) is 0 Å². The highest BCUT2D eigenvalue weighted by Gasteiger charge is 2.31. The molecule has 2 heteroatoms. The van der Waals surface area contributed by atoms with Crippen molar-refractivity contribution in [2.75, 3.05) is 0 Å². The average molecular weight is 447 g/mol. The van der Waals surface area contributed by atoms with Crippen LogP contribution in [0.5, 0.6) is 0 Å². The second kappa shape index (κ2) is 7.07. The molecule has 0 bridgehead atoms. The van der Waals surface area contributed by atoms with Crippen molar-refractivity contribution in [3.63, 3.8) is 0 Å². The summed E-state index contributed by atoms with van der Waals surface area (Å²) in [5.74, 6) is 3.01. The summed E-state index contributed by atoms with van der Waals surface area (Å²) in [7, 11) is -3.45. The minimum Gasteiger partial charge on any atom is -0.115 e. The van der Waals surface area contributed by atoms with Crippen LogP contribution in [-0.4, -0.2) is 16.1 Å². The van der Waals surface area contributed by atoms with Crippen molar-refractivity contribution in [3.8, 4) is 12.3 Å². The number of hydrogen-bond acceptors (Lipinski definition) is 0. The number of benzene rings is 5. The highest BCUT2D eigenvalue weighted by atomic mass is 28.3. The second-order valence-electron chi connectivity index (χ2n) is 11.0. The van der Waals surface area contributed by atoms with Gasteiger partial charge in [-0.3, -0.25) is 0 Å². The van der Waals surface area contributed by atoms with E-state index in [1.165, 1.54) is 43.1 Å². The molecular weight excluding hydrogens is 417 g/mol. The molecule has 0 aliphatic heterocycles. The molecule has 0 atom stereocenters. The number of hydrogen-bond donors (Lipinski definition) is 0. The lowest BCUT2D eigenvalue weighted by Gasteiger charge is -2.30. The van der Waals surface area contributed by atoms with Gasteiger partial charge in [-0.2, -0.15) is 0 Å². The fraction of sp³-hybridized carbons (Fsp3) is 0.200. The predicted octanol–water partition coefficient (Wildman–Crippen LogP) is 7.37. The number of fused-ring (bicyclic) bond motifs is 6. The first-order valence-corrected chi connectivity index (χ1v) is 18.4. The Balaban J connectivity index is 2.26. The van der Waals surface area contributed by atoms with Gasteiger partial charge < -0.3 is 0 Å². The smallest absolute Gasteiger partial charge is 0.0792 e. The largest absolute Gasteiger partial charge is 0.115 e. The summed E-state index contributed by atoms with van der Waals surface area (Å²) in [6.07, 6.45) is 6.06. The van der Waals surface area contributed by atoms with E-state index in [4.69, 9.17) is 6.42 Å². The summed E-state index contributed by atoms with van der Waals surface area (Å²) in [5, 5.41) is 14.1. The van der Waals surface area contributed by atoms with Crippen LogP contribution in [0.4, 0.5) is 0 Å². The molecule has 0 aromatic heterocycles. The van der Waals surface area contributed by atoms with Crippen molar-refractivity contribution in [1.29, 1.82) is 0 Å². The van der Waals surface area contributed by atoms with Crippen LogP contribution in [0.15, 0.2) is 66.7 Å². The fourth-order valence-electron chi connectivity index (χ4n) is 5.54. The van der Waals surface area contributed by atoms with Crippen LogP contribution < -0.4 is 10.4 Å². The number of rotatable bonds is 2. The Hall–Kier alpha value is -2.87. The van der Waals surface area contributed by atoms with Crippen molar-refractivity contribution < 1.29 is 0 Å². The monoisotopic (exact) mass is 446 g/mol. The van der Waals surface area contributed by atoms with Gasteiger partial charge in [-0.15, -0.1) is 6.42 Å². The van der Waals surface area contributed by atoms with Crippen LogP contribution in [0, 0.1) is 12.3 Å². The zero-order chi connectivity index (χ0) is 22.8. The second-order valence-corrected chi connectivity index (χ2v) is 21.0. The summed E-state index contributed by atoms with van der Waals surface area (Å²) in [6, 6.07) is 24.7. The van der Waals surface area contributed by atoms with Crippen molar-refractivity contribution in [2.24, 2.45) is 0 Å². The van der Waals surface area contributed by atoms with Gasteiger partial charge in [0.15, 0.2) is 0 Å². The summed E-state index contributed by atoms with van der Waals surface area (Å²) in [5.41, 5.74) is 1.01. The molecule has 5 aromatic rings. The molecule has 0 aliphatic rings. The summed E-state index contributed by atoms with van der Waals surface area (Å²) >= 11 is 0. The Morgan fingerprint density at radius 2 is 1.09 bits per heavy atom. The lowest BCUT2D eigenvalue weighted by atomic mass is 9.92. The Kier molecular flexibility index (Phi) is 4.64. The van der Waals surface area contributed by atoms with Gasteiger partial charge in [-0.25, -0.2) is 0 Å². The maximum Gasteiger partial charge on any atom is 0.0792 e. The molecule has 5 aromatic carbocycles. The van der Waals surface area contributed by atoms with Crippen molar-refractivity contribution in [2.45, 2.75) is 39.3 Å². The van der Waals surface area contributed by atoms with E-state index in [0.29, 0.717) is 0 Å². The first kappa shape index (κ1) is 21.0. The quantitative estimate of drug-likeness (QED) is 0.115. The molecule has 0 unspecified atom stereocenters. The lowest BCUT2D eigenvalue weighted by Crippen LogP contribution is -2.44. The molecule has 0 fully saturated rings. The van der Waals surface area contributed by atoms with Crippen LogP contribution in [0.25, 0.3) is 43.1 Å². The normalized spacial score (nSPS) is 12.7. The molecule has 0 N–H and O–H groups in total. The Bertz CT molecular complexity index is 1590. The molecule has 0 nitrogen and oxygen atoms in total. The number of terminal acetylenes is 1. The van der Waals surface area contributed by atoms with Gasteiger partial charge >= 0.3 is 0 Å². The maximum atomic E-state index is 6.06. The Morgan fingerprint density at radius 1 is 0.562 bits per heavy atom. The molecule has 0 radical (unpaired) electrons. The average Bonchev–Trinajstić information content (AvgIpc) is 2.75. The third-order valence-corrected chi connectivity index (χ3v) is 10.7. The van der Waals surface area contributed by atoms with Crippen LogP contribution in [-0.2, 0) is 0 Å². The SMILES string of the molecule is C#Cc1cc2c([Si](C)(C)C)c3c(ccc4ccccc43)c([Si](C)(C)C)c2c2ccccc12. The predicted molar refractivity (Wildman–Crippen MR) is 150 cm³/mol. The zero-order valence-corrected chi connectivity index (χ0v) is 21.9. The molecular formula is C30H30Si2. The minimum atomic E-state index is -1.74. The highest BCUT2D eigenvalue weighted by Crippen LogP contribution is 2.35. The van der Waals surface area contributed by atoms with Gasteiger partial charge in [-0.1, -0.05) is 106 Å². The lowest BCUT2D eigenvalue weighted by molar-refractivity contribution is 1.72. The third-order valence-electron chi connectivity index (χ3n) is 6.67. The highest BCUT2D eigenvalue weighted by molar-refractivity contribution is 6.96. The van der Waals surface area contributed by atoms with Crippen molar-refractivity contribution in [3.05, 3.63) is 72.3 Å². The standard InChI is InChI=1S/C30H30Si2/c1-8-20-19-26-28(24-16-12-11-14-22(20)24)29(31(2,3)4)25-18-17-21-13-9-10-15-23(21)27(25)30(26)32(5,6)7/h1,9-19H,2-7H3. The molecule has 0 saturated carbocycles. The summed E-state index contributed by atoms with van der Waals surface area (Å²) in [6.45, 7) is 14.9. The van der Waals surface area contributed by atoms with Gasteiger partial charge in [0.2, 0.25) is 0 Å². The molecule has 0 aliphatic carbocycles. The van der Waals surface area contributed by atoms with E-state index in [1.807, 2.05) is 0 Å². The van der Waals surface area contributed by atoms with Gasteiger partial charge in [0.05, 0.1) is 16.1 Å². The van der Waals surface area contributed by atoms with E-state index >= 15 is 0 Å². The molecule has 158 valence electrons. The molecule has 0 heterocycles. The Labute approximate surface area is 193 Å².